The number of aryl methyl sites for hydroxylation is 1. The maximum atomic E-state index is 5.20. The molecule has 0 aromatic carbocycles. The first-order valence-corrected chi connectivity index (χ1v) is 5.66. The van der Waals surface area contributed by atoms with Crippen LogP contribution in [0.5, 0.6) is 0 Å². The van der Waals surface area contributed by atoms with E-state index in [2.05, 4.69) is 24.9 Å². The molecule has 2 aromatic heterocycles. The molecule has 6 nitrogen and oxygen atoms in total. The molecule has 1 fully saturated rings. The molecule has 0 amide bonds. The number of nitrogens with one attached hydrogen (secondary N) is 1. The van der Waals surface area contributed by atoms with Gasteiger partial charge in [0.05, 0.1) is 0 Å². The van der Waals surface area contributed by atoms with Gasteiger partial charge in [0.1, 0.15) is 5.82 Å². The average molecular weight is 237 g/mol. The summed E-state index contributed by atoms with van der Waals surface area (Å²) in [4.78, 5) is 3.98. The van der Waals surface area contributed by atoms with E-state index < -0.39 is 0 Å². The van der Waals surface area contributed by atoms with Gasteiger partial charge in [-0.05, 0) is 25.1 Å². The molecule has 2 heterocycles. The van der Waals surface area contributed by atoms with Crippen LogP contribution in [0.4, 0.5) is 0 Å². The average Bonchev–Trinajstić information content (AvgIpc) is 2.87. The zero-order valence-corrected chi connectivity index (χ0v) is 9.40. The molecule has 7 heteroatoms. The molecule has 2 aromatic rings. The minimum atomic E-state index is 0.582. The van der Waals surface area contributed by atoms with Crippen molar-refractivity contribution in [3.63, 3.8) is 0 Å². The lowest BCUT2D eigenvalue weighted by Gasteiger charge is -2.03. The van der Waals surface area contributed by atoms with Crippen LogP contribution in [0.3, 0.4) is 0 Å². The molecule has 0 bridgehead atoms. The molecule has 0 aliphatic heterocycles. The minimum absolute atomic E-state index is 0.582. The van der Waals surface area contributed by atoms with Crippen LogP contribution in [0.15, 0.2) is 10.9 Å². The fourth-order valence-corrected chi connectivity index (χ4v) is 1.94. The van der Waals surface area contributed by atoms with E-state index in [0.717, 1.165) is 12.4 Å². The number of nitrogens with zero attached hydrogens (tertiary/aromatic N) is 4. The van der Waals surface area contributed by atoms with Crippen molar-refractivity contribution in [1.29, 1.82) is 0 Å². The van der Waals surface area contributed by atoms with E-state index in [1.165, 1.54) is 19.2 Å². The van der Waals surface area contributed by atoms with E-state index >= 15 is 0 Å². The van der Waals surface area contributed by atoms with E-state index in [1.807, 2.05) is 4.57 Å². The predicted octanol–water partition coefficient (Wildman–Crippen LogP) is 1.44. The van der Waals surface area contributed by atoms with Crippen LogP contribution >= 0.6 is 12.2 Å². The number of hydrogen-bond donors (Lipinski definition) is 1. The van der Waals surface area contributed by atoms with Crippen molar-refractivity contribution in [1.82, 2.24) is 24.9 Å². The third-order valence-corrected chi connectivity index (χ3v) is 3.01. The lowest BCUT2D eigenvalue weighted by atomic mass is 10.3. The van der Waals surface area contributed by atoms with Gasteiger partial charge in [-0.15, -0.1) is 0 Å². The molecule has 1 saturated carbocycles. The van der Waals surface area contributed by atoms with Crippen LogP contribution in [0.25, 0.3) is 0 Å². The van der Waals surface area contributed by atoms with Gasteiger partial charge in [-0.3, -0.25) is 5.10 Å². The Morgan fingerprint density at radius 3 is 3.12 bits per heavy atom. The van der Waals surface area contributed by atoms with Crippen molar-refractivity contribution in [3.8, 4) is 0 Å². The van der Waals surface area contributed by atoms with Gasteiger partial charge in [0.2, 0.25) is 6.39 Å². The van der Waals surface area contributed by atoms with Gasteiger partial charge in [0.25, 0.3) is 0 Å². The summed E-state index contributed by atoms with van der Waals surface area (Å²) in [5.74, 6) is 2.34. The zero-order valence-electron chi connectivity index (χ0n) is 8.59. The number of hydrogen-bond acceptors (Lipinski definition) is 5. The Kier molecular flexibility index (Phi) is 2.32. The quantitative estimate of drug-likeness (QED) is 0.815. The summed E-state index contributed by atoms with van der Waals surface area (Å²) in [7, 11) is 0. The normalized spacial score (nSPS) is 15.5. The molecule has 84 valence electrons. The SMILES string of the molecule is S=c1[nH]nc(C2CC2)n1CCc1ncon1. The van der Waals surface area contributed by atoms with E-state index in [0.29, 0.717) is 22.9 Å². The van der Waals surface area contributed by atoms with Gasteiger partial charge < -0.3 is 9.09 Å². The lowest BCUT2D eigenvalue weighted by Crippen LogP contribution is -2.06. The fraction of sp³-hybridized carbons (Fsp3) is 0.556. The highest BCUT2D eigenvalue weighted by molar-refractivity contribution is 7.71. The second-order valence-electron chi connectivity index (χ2n) is 3.91. The van der Waals surface area contributed by atoms with E-state index in [-0.39, 0.29) is 0 Å². The van der Waals surface area contributed by atoms with Gasteiger partial charge in [-0.1, -0.05) is 5.16 Å². The van der Waals surface area contributed by atoms with Gasteiger partial charge in [-0.25, -0.2) is 0 Å². The topological polar surface area (TPSA) is 72.5 Å². The van der Waals surface area contributed by atoms with Crippen LogP contribution in [0.2, 0.25) is 0 Å². The molecule has 1 aliphatic carbocycles. The summed E-state index contributed by atoms with van der Waals surface area (Å²) in [6.45, 7) is 0.751. The van der Waals surface area contributed by atoms with Crippen molar-refractivity contribution >= 4 is 12.2 Å². The maximum absolute atomic E-state index is 5.20. The Morgan fingerprint density at radius 1 is 1.56 bits per heavy atom. The molecule has 0 saturated heterocycles. The van der Waals surface area contributed by atoms with Gasteiger partial charge in [0, 0.05) is 18.9 Å². The molecule has 3 rings (SSSR count). The number of aromatic amines is 1. The first kappa shape index (κ1) is 9.71. The van der Waals surface area contributed by atoms with Crippen LogP contribution in [-0.4, -0.2) is 24.9 Å². The Bertz CT molecular complexity index is 524. The number of H-pyrrole nitrogens is 1. The first-order chi connectivity index (χ1) is 7.84. The number of aromatic nitrogens is 5. The highest BCUT2D eigenvalue weighted by atomic mass is 32.1. The Morgan fingerprint density at radius 2 is 2.44 bits per heavy atom. The second-order valence-corrected chi connectivity index (χ2v) is 4.30. The summed E-state index contributed by atoms with van der Waals surface area (Å²) in [6, 6.07) is 0. The van der Waals surface area contributed by atoms with E-state index in [4.69, 9.17) is 12.2 Å². The molecule has 0 atom stereocenters. The van der Waals surface area contributed by atoms with Crippen LogP contribution < -0.4 is 0 Å². The highest BCUT2D eigenvalue weighted by Gasteiger charge is 2.28. The summed E-state index contributed by atoms with van der Waals surface area (Å²) >= 11 is 5.20. The first-order valence-electron chi connectivity index (χ1n) is 5.25. The molecule has 1 N–H and O–H groups in total. The summed E-state index contributed by atoms with van der Waals surface area (Å²) < 4.78 is 7.39. The minimum Gasteiger partial charge on any atom is -0.343 e. The standard InChI is InChI=1S/C9H11N5OS/c16-9-12-11-8(6-1-2-6)14(9)4-3-7-10-5-15-13-7/h5-6H,1-4H2,(H,12,16). The second kappa shape index (κ2) is 3.82. The van der Waals surface area contributed by atoms with Crippen LogP contribution in [0, 0.1) is 4.77 Å². The van der Waals surface area contributed by atoms with Crippen molar-refractivity contribution < 1.29 is 4.52 Å². The predicted molar refractivity (Wildman–Crippen MR) is 57.4 cm³/mol. The molecule has 1 aliphatic rings. The lowest BCUT2D eigenvalue weighted by molar-refractivity contribution is 0.408. The van der Waals surface area contributed by atoms with Gasteiger partial charge in [-0.2, -0.15) is 10.1 Å². The summed E-state index contributed by atoms with van der Waals surface area (Å²) in [5.41, 5.74) is 0. The highest BCUT2D eigenvalue weighted by Crippen LogP contribution is 2.38. The third-order valence-electron chi connectivity index (χ3n) is 2.70. The smallest absolute Gasteiger partial charge is 0.213 e. The fourth-order valence-electron chi connectivity index (χ4n) is 1.71. The number of rotatable bonds is 4. The summed E-state index contributed by atoms with van der Waals surface area (Å²) in [5, 5.41) is 10.9. The van der Waals surface area contributed by atoms with Crippen molar-refractivity contribution in [2.75, 3.05) is 0 Å². The molecular weight excluding hydrogens is 226 g/mol. The molecule has 16 heavy (non-hydrogen) atoms. The Hall–Kier alpha value is -1.50. The van der Waals surface area contributed by atoms with Crippen LogP contribution in [0.1, 0.15) is 30.4 Å². The summed E-state index contributed by atoms with van der Waals surface area (Å²) in [6.07, 6.45) is 4.47. The van der Waals surface area contributed by atoms with Crippen molar-refractivity contribution in [2.24, 2.45) is 0 Å². The Labute approximate surface area is 96.7 Å². The molecule has 0 radical (unpaired) electrons. The van der Waals surface area contributed by atoms with Gasteiger partial charge >= 0.3 is 0 Å². The molecule has 0 unspecified atom stereocenters. The molecular formula is C9H11N5OS. The van der Waals surface area contributed by atoms with Crippen molar-refractivity contribution in [3.05, 3.63) is 22.8 Å². The van der Waals surface area contributed by atoms with Crippen molar-refractivity contribution in [2.45, 2.75) is 31.7 Å². The van der Waals surface area contributed by atoms with Crippen LogP contribution in [-0.2, 0) is 13.0 Å². The van der Waals surface area contributed by atoms with E-state index in [9.17, 15) is 0 Å². The molecule has 0 spiro atoms. The Balaban J connectivity index is 1.78. The largest absolute Gasteiger partial charge is 0.343 e. The third kappa shape index (κ3) is 1.78. The maximum Gasteiger partial charge on any atom is 0.213 e. The monoisotopic (exact) mass is 237 g/mol. The zero-order chi connectivity index (χ0) is 11.0. The van der Waals surface area contributed by atoms with Gasteiger partial charge in [0.15, 0.2) is 10.6 Å². The van der Waals surface area contributed by atoms with E-state index in [1.54, 1.807) is 0 Å².